The van der Waals surface area contributed by atoms with Gasteiger partial charge in [-0.3, -0.25) is 0 Å². The maximum absolute atomic E-state index is 12.7. The summed E-state index contributed by atoms with van der Waals surface area (Å²) in [6, 6.07) is 1.66. The van der Waals surface area contributed by atoms with Crippen LogP contribution >= 0.6 is 0 Å². The van der Waals surface area contributed by atoms with Crippen LogP contribution in [0.5, 0.6) is 0 Å². The summed E-state index contributed by atoms with van der Waals surface area (Å²) in [6.45, 7) is 7.82. The van der Waals surface area contributed by atoms with Crippen LogP contribution in [0.1, 0.15) is 18.4 Å². The second-order valence-electron chi connectivity index (χ2n) is 4.71. The molecule has 0 atom stereocenters. The van der Waals surface area contributed by atoms with Crippen LogP contribution in [0.4, 0.5) is 19.0 Å². The fourth-order valence-corrected chi connectivity index (χ4v) is 1.85. The van der Waals surface area contributed by atoms with Crippen LogP contribution in [0, 0.1) is 6.92 Å². The first-order chi connectivity index (χ1) is 9.18. The van der Waals surface area contributed by atoms with Gasteiger partial charge in [0.1, 0.15) is 5.82 Å². The van der Waals surface area contributed by atoms with Crippen molar-refractivity contribution in [3.63, 3.8) is 0 Å². The highest BCUT2D eigenvalue weighted by molar-refractivity contribution is 5.48. The Kier molecular flexibility index (Phi) is 3.41. The van der Waals surface area contributed by atoms with E-state index in [9.17, 15) is 13.2 Å². The molecule has 0 aliphatic heterocycles. The molecule has 20 heavy (non-hydrogen) atoms. The summed E-state index contributed by atoms with van der Waals surface area (Å²) < 4.78 is 39.1. The molecule has 2 aromatic rings. The molecule has 2 aromatic heterocycles. The van der Waals surface area contributed by atoms with Crippen LogP contribution in [-0.2, 0) is 6.18 Å². The molecule has 0 aliphatic carbocycles. The van der Waals surface area contributed by atoms with Gasteiger partial charge in [-0.2, -0.15) is 22.7 Å². The van der Waals surface area contributed by atoms with E-state index >= 15 is 0 Å². The minimum absolute atomic E-state index is 0.0686. The fourth-order valence-electron chi connectivity index (χ4n) is 1.85. The van der Waals surface area contributed by atoms with Crippen LogP contribution in [0.15, 0.2) is 18.2 Å². The van der Waals surface area contributed by atoms with E-state index in [1.165, 1.54) is 0 Å². The molecule has 0 unspecified atom stereocenters. The summed E-state index contributed by atoms with van der Waals surface area (Å²) in [5.74, 6) is -0.778. The fraction of sp³-hybridized carbons (Fsp3) is 0.417. The van der Waals surface area contributed by atoms with Crippen molar-refractivity contribution in [2.24, 2.45) is 0 Å². The van der Waals surface area contributed by atoms with Crippen LogP contribution < -0.4 is 4.90 Å². The Balaban J connectivity index is 2.59. The maximum atomic E-state index is 12.7. The van der Waals surface area contributed by atoms with Gasteiger partial charge in [0.25, 0.3) is 11.6 Å². The van der Waals surface area contributed by atoms with E-state index in [0.29, 0.717) is 18.1 Å². The zero-order valence-corrected chi connectivity index (χ0v) is 11.4. The first-order valence-electron chi connectivity index (χ1n) is 5.85. The van der Waals surface area contributed by atoms with Gasteiger partial charge in [-0.05, 0) is 13.8 Å². The van der Waals surface area contributed by atoms with Gasteiger partial charge in [0.2, 0.25) is 0 Å². The Labute approximate surface area is 113 Å². The van der Waals surface area contributed by atoms with Crippen LogP contribution in [0.25, 0.3) is 5.78 Å². The van der Waals surface area contributed by atoms with Gasteiger partial charge >= 0.3 is 6.18 Å². The Morgan fingerprint density at radius 1 is 1.40 bits per heavy atom. The van der Waals surface area contributed by atoms with Crippen molar-refractivity contribution in [3.05, 3.63) is 29.7 Å². The molecular weight excluding hydrogens is 271 g/mol. The number of fused-ring (bicyclic) bond motifs is 1. The Morgan fingerprint density at radius 3 is 2.60 bits per heavy atom. The standard InChI is InChI=1S/C12H14F3N5/c1-7(2)6-19(4)9-5-8(3)16-11-17-10(12(13,14)15)18-20(9)11/h5H,1,6H2,2-4H3. The first-order valence-corrected chi connectivity index (χ1v) is 5.85. The number of halogens is 3. The van der Waals surface area contributed by atoms with Crippen LogP contribution in [0.3, 0.4) is 0 Å². The molecule has 108 valence electrons. The van der Waals surface area contributed by atoms with E-state index in [4.69, 9.17) is 0 Å². The van der Waals surface area contributed by atoms with E-state index in [0.717, 1.165) is 10.1 Å². The number of aryl methyl sites for hydroxylation is 1. The minimum atomic E-state index is -4.59. The molecule has 0 saturated heterocycles. The van der Waals surface area contributed by atoms with Crippen molar-refractivity contribution in [2.45, 2.75) is 20.0 Å². The van der Waals surface area contributed by atoms with Gasteiger partial charge in [0.05, 0.1) is 0 Å². The SMILES string of the molecule is C=C(C)CN(C)c1cc(C)nc2nc(C(F)(F)F)nn12. The number of anilines is 1. The average Bonchev–Trinajstić information content (AvgIpc) is 2.69. The third-order valence-electron chi connectivity index (χ3n) is 2.57. The van der Waals surface area contributed by atoms with Crippen molar-refractivity contribution in [2.75, 3.05) is 18.5 Å². The zero-order valence-electron chi connectivity index (χ0n) is 11.4. The molecule has 5 nitrogen and oxygen atoms in total. The van der Waals surface area contributed by atoms with Gasteiger partial charge in [-0.25, -0.2) is 4.98 Å². The highest BCUT2D eigenvalue weighted by Gasteiger charge is 2.37. The number of rotatable bonds is 3. The van der Waals surface area contributed by atoms with Crippen molar-refractivity contribution in [3.8, 4) is 0 Å². The zero-order chi connectivity index (χ0) is 15.1. The molecule has 0 fully saturated rings. The van der Waals surface area contributed by atoms with Crippen LogP contribution in [-0.4, -0.2) is 33.2 Å². The lowest BCUT2D eigenvalue weighted by Crippen LogP contribution is -2.22. The summed E-state index contributed by atoms with van der Waals surface area (Å²) in [7, 11) is 1.75. The Hall–Kier alpha value is -2.12. The molecule has 2 heterocycles. The second-order valence-corrected chi connectivity index (χ2v) is 4.71. The van der Waals surface area contributed by atoms with Gasteiger partial charge < -0.3 is 4.90 Å². The van der Waals surface area contributed by atoms with E-state index in [2.05, 4.69) is 21.6 Å². The molecule has 0 bridgehead atoms. The summed E-state index contributed by atoms with van der Waals surface area (Å²) in [6.07, 6.45) is -4.59. The molecule has 8 heteroatoms. The molecule has 0 aliphatic rings. The van der Waals surface area contributed by atoms with Crippen molar-refractivity contribution in [1.29, 1.82) is 0 Å². The first kappa shape index (κ1) is 14.3. The largest absolute Gasteiger partial charge is 0.453 e. The lowest BCUT2D eigenvalue weighted by Gasteiger charge is -2.19. The Morgan fingerprint density at radius 2 is 2.05 bits per heavy atom. The van der Waals surface area contributed by atoms with Gasteiger partial charge in [-0.1, -0.05) is 12.2 Å². The van der Waals surface area contributed by atoms with Gasteiger partial charge in [-0.15, -0.1) is 5.10 Å². The van der Waals surface area contributed by atoms with E-state index in [1.54, 1.807) is 24.9 Å². The lowest BCUT2D eigenvalue weighted by atomic mass is 10.3. The Bertz CT molecular complexity index is 659. The molecule has 0 radical (unpaired) electrons. The molecule has 0 aromatic carbocycles. The van der Waals surface area contributed by atoms with E-state index in [1.807, 2.05) is 6.92 Å². The topological polar surface area (TPSA) is 46.3 Å². The number of likely N-dealkylation sites (N-methyl/N-ethyl adjacent to an activating group) is 1. The molecule has 0 saturated carbocycles. The molecular formula is C12H14F3N5. The smallest absolute Gasteiger partial charge is 0.355 e. The second kappa shape index (κ2) is 4.77. The minimum Gasteiger partial charge on any atom is -0.355 e. The summed E-state index contributed by atoms with van der Waals surface area (Å²) in [5.41, 5.74) is 1.45. The number of nitrogens with zero attached hydrogens (tertiary/aromatic N) is 5. The average molecular weight is 285 g/mol. The number of aromatic nitrogens is 4. The molecule has 0 spiro atoms. The van der Waals surface area contributed by atoms with Gasteiger partial charge in [0.15, 0.2) is 0 Å². The van der Waals surface area contributed by atoms with E-state index in [-0.39, 0.29) is 5.78 Å². The highest BCUT2D eigenvalue weighted by Crippen LogP contribution is 2.27. The molecule has 0 N–H and O–H groups in total. The van der Waals surface area contributed by atoms with Crippen molar-refractivity contribution < 1.29 is 13.2 Å². The number of alkyl halides is 3. The summed E-state index contributed by atoms with van der Waals surface area (Å²) >= 11 is 0. The van der Waals surface area contributed by atoms with Crippen molar-refractivity contribution >= 4 is 11.6 Å². The molecule has 0 amide bonds. The predicted molar refractivity (Wildman–Crippen MR) is 68.6 cm³/mol. The van der Waals surface area contributed by atoms with E-state index < -0.39 is 12.0 Å². The van der Waals surface area contributed by atoms with Crippen molar-refractivity contribution in [1.82, 2.24) is 19.6 Å². The number of hydrogen-bond acceptors (Lipinski definition) is 4. The quantitative estimate of drug-likeness (QED) is 0.813. The maximum Gasteiger partial charge on any atom is 0.453 e. The summed E-state index contributed by atoms with van der Waals surface area (Å²) in [5, 5.41) is 3.50. The lowest BCUT2D eigenvalue weighted by molar-refractivity contribution is -0.144. The normalized spacial score (nSPS) is 11.9. The highest BCUT2D eigenvalue weighted by atomic mass is 19.4. The van der Waals surface area contributed by atoms with Crippen LogP contribution in [0.2, 0.25) is 0 Å². The monoisotopic (exact) mass is 285 g/mol. The number of hydrogen-bond donors (Lipinski definition) is 0. The summed E-state index contributed by atoms with van der Waals surface area (Å²) in [4.78, 5) is 9.15. The third kappa shape index (κ3) is 2.73. The molecule has 2 rings (SSSR count). The predicted octanol–water partition coefficient (Wildman–Crippen LogP) is 2.46. The third-order valence-corrected chi connectivity index (χ3v) is 2.57. The van der Waals surface area contributed by atoms with Gasteiger partial charge in [0, 0.05) is 25.4 Å².